The van der Waals surface area contributed by atoms with Gasteiger partial charge in [0.1, 0.15) is 5.40 Å². The molecule has 0 amide bonds. The summed E-state index contributed by atoms with van der Waals surface area (Å²) in [7, 11) is 0. The molecule has 0 bridgehead atoms. The van der Waals surface area contributed by atoms with Crippen LogP contribution in [0.4, 0.5) is 5.69 Å². The maximum Gasteiger partial charge on any atom is 0.331 e. The van der Waals surface area contributed by atoms with Crippen LogP contribution in [0.15, 0.2) is 24.3 Å². The number of nitro groups is 1. The molecule has 0 aliphatic carbocycles. The minimum atomic E-state index is -1.67. The Morgan fingerprint density at radius 2 is 2.00 bits per heavy atom. The Bertz CT molecular complexity index is 623. The molecule has 1 aromatic rings. The second-order valence-electron chi connectivity index (χ2n) is 4.40. The summed E-state index contributed by atoms with van der Waals surface area (Å²) >= 11 is 0.533. The Kier molecular flexibility index (Phi) is 6.07. The summed E-state index contributed by atoms with van der Waals surface area (Å²) in [5.41, 5.74) is 0.429. The fourth-order valence-electron chi connectivity index (χ4n) is 1.84. The highest BCUT2D eigenvalue weighted by Crippen LogP contribution is 2.32. The molecule has 0 radical (unpaired) electrons. The van der Waals surface area contributed by atoms with E-state index >= 15 is 0 Å². The quantitative estimate of drug-likeness (QED) is 0.249. The van der Waals surface area contributed by atoms with Gasteiger partial charge in [-0.05, 0) is 31.2 Å². The molecule has 1 atom stereocenters. The van der Waals surface area contributed by atoms with Gasteiger partial charge in [0.25, 0.3) is 5.69 Å². The minimum absolute atomic E-state index is 0.0720. The van der Waals surface area contributed by atoms with E-state index in [1.165, 1.54) is 31.2 Å². The summed E-state index contributed by atoms with van der Waals surface area (Å²) in [6.07, 6.45) is -0.0720. The highest BCUT2D eigenvalue weighted by atomic mass is 32.2. The Hall–Kier alpha value is -2.40. The number of rotatable bonds is 7. The van der Waals surface area contributed by atoms with E-state index < -0.39 is 21.4 Å². The number of benzene rings is 1. The molecule has 0 aliphatic rings. The molecule has 1 aromatic carbocycles. The number of non-ortho nitro benzene ring substituents is 1. The predicted molar refractivity (Wildman–Crippen MR) is 80.0 cm³/mol. The third-order valence-corrected chi connectivity index (χ3v) is 4.03. The maximum atomic E-state index is 12.2. The van der Waals surface area contributed by atoms with E-state index in [0.29, 0.717) is 17.3 Å². The molecule has 0 saturated carbocycles. The molecule has 116 valence electrons. The standard InChI is InChI=1S/C14H14N2O5S/c1-3-21-13(18)14(10(2)17,22-9-15)8-11-4-6-12(7-5-11)16(19)20/h4-7H,3,8H2,1-2H3. The van der Waals surface area contributed by atoms with E-state index in [1.807, 2.05) is 0 Å². The number of hydrogen-bond donors (Lipinski definition) is 0. The van der Waals surface area contributed by atoms with Gasteiger partial charge in [-0.1, -0.05) is 12.1 Å². The van der Waals surface area contributed by atoms with Gasteiger partial charge in [-0.2, -0.15) is 5.26 Å². The van der Waals surface area contributed by atoms with Gasteiger partial charge in [0, 0.05) is 18.6 Å². The lowest BCUT2D eigenvalue weighted by Crippen LogP contribution is -2.45. The summed E-state index contributed by atoms with van der Waals surface area (Å²) in [6.45, 7) is 2.90. The first-order valence-electron chi connectivity index (χ1n) is 6.36. The van der Waals surface area contributed by atoms with Crippen LogP contribution in [0.3, 0.4) is 0 Å². The Morgan fingerprint density at radius 1 is 1.41 bits per heavy atom. The van der Waals surface area contributed by atoms with Gasteiger partial charge >= 0.3 is 5.97 Å². The molecular formula is C14H14N2O5S. The molecule has 1 unspecified atom stereocenters. The number of nitro benzene ring substituents is 1. The SMILES string of the molecule is CCOC(=O)C(Cc1ccc([N+](=O)[O-])cc1)(SC#N)C(C)=O. The lowest BCUT2D eigenvalue weighted by molar-refractivity contribution is -0.384. The third-order valence-electron chi connectivity index (χ3n) is 2.99. The molecule has 0 heterocycles. The number of hydrogen-bond acceptors (Lipinski definition) is 7. The lowest BCUT2D eigenvalue weighted by Gasteiger charge is -2.25. The van der Waals surface area contributed by atoms with Crippen LogP contribution in [-0.4, -0.2) is 28.0 Å². The van der Waals surface area contributed by atoms with E-state index in [4.69, 9.17) is 10.00 Å². The molecular weight excluding hydrogens is 308 g/mol. The van der Waals surface area contributed by atoms with E-state index in [1.54, 1.807) is 12.3 Å². The van der Waals surface area contributed by atoms with Crippen molar-refractivity contribution in [1.29, 1.82) is 5.26 Å². The third kappa shape index (κ3) is 3.83. The minimum Gasteiger partial charge on any atom is -0.465 e. The zero-order valence-electron chi connectivity index (χ0n) is 12.1. The molecule has 1 rings (SSSR count). The lowest BCUT2D eigenvalue weighted by atomic mass is 9.94. The Labute approximate surface area is 131 Å². The van der Waals surface area contributed by atoms with Crippen molar-refractivity contribution in [3.05, 3.63) is 39.9 Å². The number of carbonyl (C=O) groups is 2. The monoisotopic (exact) mass is 322 g/mol. The number of nitrogens with zero attached hydrogens (tertiary/aromatic N) is 2. The summed E-state index contributed by atoms with van der Waals surface area (Å²) in [5, 5.41) is 21.3. The van der Waals surface area contributed by atoms with E-state index in [0.717, 1.165) is 0 Å². The van der Waals surface area contributed by atoms with Crippen LogP contribution >= 0.6 is 11.8 Å². The average molecular weight is 322 g/mol. The Morgan fingerprint density at radius 3 is 2.41 bits per heavy atom. The first-order valence-corrected chi connectivity index (χ1v) is 7.17. The predicted octanol–water partition coefficient (Wildman–Crippen LogP) is 2.24. The van der Waals surface area contributed by atoms with Crippen molar-refractivity contribution in [1.82, 2.24) is 0 Å². The summed E-state index contributed by atoms with van der Waals surface area (Å²) < 4.78 is 3.25. The topological polar surface area (TPSA) is 110 Å². The molecule has 0 N–H and O–H groups in total. The maximum absolute atomic E-state index is 12.2. The van der Waals surface area contributed by atoms with Gasteiger partial charge in [-0.25, -0.2) is 0 Å². The van der Waals surface area contributed by atoms with Crippen LogP contribution in [-0.2, 0) is 20.7 Å². The summed E-state index contributed by atoms with van der Waals surface area (Å²) in [4.78, 5) is 34.2. The highest BCUT2D eigenvalue weighted by molar-refractivity contribution is 8.06. The van der Waals surface area contributed by atoms with E-state index in [-0.39, 0.29) is 18.7 Å². The fourth-order valence-corrected chi connectivity index (χ4v) is 2.52. The second kappa shape index (κ2) is 7.56. The van der Waals surface area contributed by atoms with Crippen molar-refractivity contribution in [2.45, 2.75) is 25.0 Å². The molecule has 0 saturated heterocycles. The number of thioether (sulfide) groups is 1. The van der Waals surface area contributed by atoms with Crippen LogP contribution in [0.5, 0.6) is 0 Å². The smallest absolute Gasteiger partial charge is 0.331 e. The normalized spacial score (nSPS) is 12.8. The molecule has 0 aliphatic heterocycles. The average Bonchev–Trinajstić information content (AvgIpc) is 2.47. The molecule has 0 aromatic heterocycles. The fraction of sp³-hybridized carbons (Fsp3) is 0.357. The van der Waals surface area contributed by atoms with Gasteiger partial charge in [0.15, 0.2) is 10.5 Å². The van der Waals surface area contributed by atoms with Crippen molar-refractivity contribution in [3.8, 4) is 5.40 Å². The molecule has 0 spiro atoms. The van der Waals surface area contributed by atoms with Gasteiger partial charge in [0.2, 0.25) is 0 Å². The van der Waals surface area contributed by atoms with Gasteiger partial charge in [-0.3, -0.25) is 19.7 Å². The van der Waals surface area contributed by atoms with Gasteiger partial charge in [0.05, 0.1) is 11.5 Å². The molecule has 8 heteroatoms. The molecule has 0 fully saturated rings. The van der Waals surface area contributed by atoms with Crippen molar-refractivity contribution >= 4 is 29.2 Å². The van der Waals surface area contributed by atoms with Crippen molar-refractivity contribution in [3.63, 3.8) is 0 Å². The van der Waals surface area contributed by atoms with E-state index in [2.05, 4.69) is 0 Å². The number of ketones is 1. The van der Waals surface area contributed by atoms with Crippen LogP contribution in [0.25, 0.3) is 0 Å². The highest BCUT2D eigenvalue weighted by Gasteiger charge is 2.46. The van der Waals surface area contributed by atoms with Crippen molar-refractivity contribution in [2.75, 3.05) is 6.61 Å². The van der Waals surface area contributed by atoms with Gasteiger partial charge < -0.3 is 4.74 Å². The van der Waals surface area contributed by atoms with Crippen LogP contribution < -0.4 is 0 Å². The number of nitriles is 1. The van der Waals surface area contributed by atoms with Crippen molar-refractivity contribution < 1.29 is 19.2 Å². The summed E-state index contributed by atoms with van der Waals surface area (Å²) in [6, 6.07) is 5.46. The Balaban J connectivity index is 3.17. The second-order valence-corrected chi connectivity index (χ2v) is 5.48. The number of carbonyl (C=O) groups excluding carboxylic acids is 2. The zero-order valence-corrected chi connectivity index (χ0v) is 12.9. The van der Waals surface area contributed by atoms with Crippen LogP contribution in [0.1, 0.15) is 19.4 Å². The molecule has 22 heavy (non-hydrogen) atoms. The van der Waals surface area contributed by atoms with Crippen LogP contribution in [0.2, 0.25) is 0 Å². The zero-order chi connectivity index (χ0) is 16.8. The van der Waals surface area contributed by atoms with Gasteiger partial charge in [-0.15, -0.1) is 0 Å². The number of Topliss-reactive ketones (excluding diaryl/α,β-unsaturated/α-hetero) is 1. The van der Waals surface area contributed by atoms with Crippen LogP contribution in [0, 0.1) is 20.8 Å². The van der Waals surface area contributed by atoms with Crippen molar-refractivity contribution in [2.24, 2.45) is 0 Å². The van der Waals surface area contributed by atoms with E-state index in [9.17, 15) is 19.7 Å². The largest absolute Gasteiger partial charge is 0.465 e. The summed E-state index contributed by atoms with van der Waals surface area (Å²) in [5.74, 6) is -1.29. The number of esters is 1. The molecule has 7 nitrogen and oxygen atoms in total. The first-order chi connectivity index (χ1) is 10.4. The number of ether oxygens (including phenoxy) is 1. The number of thiocyanates is 1. The first kappa shape index (κ1) is 17.7.